The van der Waals surface area contributed by atoms with Gasteiger partial charge in [0.05, 0.1) is 7.11 Å². The molecule has 0 saturated carbocycles. The number of amides is 1. The molecular formula is C18H16N2O2. The summed E-state index contributed by atoms with van der Waals surface area (Å²) in [6.45, 7) is 1.90. The minimum absolute atomic E-state index is 0.0495. The Balaban J connectivity index is 2.20. The zero-order valence-electron chi connectivity index (χ0n) is 12.5. The molecule has 22 heavy (non-hydrogen) atoms. The summed E-state index contributed by atoms with van der Waals surface area (Å²) >= 11 is 0. The Morgan fingerprint density at radius 1 is 1.18 bits per heavy atom. The Kier molecular flexibility index (Phi) is 4.94. The zero-order chi connectivity index (χ0) is 15.9. The lowest BCUT2D eigenvalue weighted by Gasteiger charge is -2.07. The molecule has 0 aromatic heterocycles. The normalized spacial score (nSPS) is 10.7. The Morgan fingerprint density at radius 3 is 2.45 bits per heavy atom. The van der Waals surface area contributed by atoms with E-state index < -0.39 is 5.91 Å². The van der Waals surface area contributed by atoms with Gasteiger partial charge in [0, 0.05) is 5.69 Å². The maximum atomic E-state index is 12.2. The summed E-state index contributed by atoms with van der Waals surface area (Å²) in [4.78, 5) is 12.2. The van der Waals surface area contributed by atoms with Crippen molar-refractivity contribution in [3.8, 4) is 11.8 Å². The molecular weight excluding hydrogens is 276 g/mol. The van der Waals surface area contributed by atoms with Gasteiger partial charge in [0.25, 0.3) is 5.91 Å². The predicted molar refractivity (Wildman–Crippen MR) is 86.4 cm³/mol. The molecule has 0 unspecified atom stereocenters. The molecule has 0 aliphatic heterocycles. The van der Waals surface area contributed by atoms with Gasteiger partial charge in [0.1, 0.15) is 17.4 Å². The maximum absolute atomic E-state index is 12.2. The van der Waals surface area contributed by atoms with Crippen molar-refractivity contribution in [3.63, 3.8) is 0 Å². The van der Waals surface area contributed by atoms with Crippen LogP contribution in [0.2, 0.25) is 0 Å². The first-order chi connectivity index (χ1) is 10.6. The van der Waals surface area contributed by atoms with Crippen molar-refractivity contribution < 1.29 is 9.53 Å². The number of nitriles is 1. The molecule has 0 atom stereocenters. The van der Waals surface area contributed by atoms with Crippen molar-refractivity contribution >= 4 is 17.7 Å². The predicted octanol–water partition coefficient (Wildman–Crippen LogP) is 3.55. The molecule has 0 radical (unpaired) electrons. The van der Waals surface area contributed by atoms with E-state index in [0.717, 1.165) is 16.9 Å². The van der Waals surface area contributed by atoms with Gasteiger partial charge in [0.2, 0.25) is 0 Å². The Labute approximate surface area is 129 Å². The van der Waals surface area contributed by atoms with Crippen LogP contribution in [-0.4, -0.2) is 13.0 Å². The van der Waals surface area contributed by atoms with Gasteiger partial charge < -0.3 is 10.1 Å². The van der Waals surface area contributed by atoms with Crippen LogP contribution in [0.15, 0.2) is 54.1 Å². The van der Waals surface area contributed by atoms with Gasteiger partial charge in [-0.2, -0.15) is 5.26 Å². The smallest absolute Gasteiger partial charge is 0.266 e. The lowest BCUT2D eigenvalue weighted by atomic mass is 10.1. The van der Waals surface area contributed by atoms with E-state index in [-0.39, 0.29) is 5.57 Å². The number of benzene rings is 2. The number of methoxy groups -OCH3 is 1. The quantitative estimate of drug-likeness (QED) is 0.692. The Hall–Kier alpha value is -3.06. The number of para-hydroxylation sites is 1. The highest BCUT2D eigenvalue weighted by molar-refractivity contribution is 6.09. The van der Waals surface area contributed by atoms with Crippen LogP contribution in [0.4, 0.5) is 5.69 Å². The molecule has 0 saturated heterocycles. The minimum atomic E-state index is -0.424. The second-order valence-corrected chi connectivity index (χ2v) is 4.71. The largest absolute Gasteiger partial charge is 0.497 e. The first-order valence-corrected chi connectivity index (χ1v) is 6.77. The molecule has 4 nitrogen and oxygen atoms in total. The third kappa shape index (κ3) is 3.74. The third-order valence-electron chi connectivity index (χ3n) is 3.19. The summed E-state index contributed by atoms with van der Waals surface area (Å²) in [7, 11) is 1.58. The van der Waals surface area contributed by atoms with E-state index in [4.69, 9.17) is 4.74 Å². The summed E-state index contributed by atoms with van der Waals surface area (Å²) in [6.07, 6.45) is 1.55. The lowest BCUT2D eigenvalue weighted by Crippen LogP contribution is -2.14. The van der Waals surface area contributed by atoms with Crippen molar-refractivity contribution in [2.24, 2.45) is 0 Å². The molecule has 1 N–H and O–H groups in total. The van der Waals surface area contributed by atoms with E-state index in [0.29, 0.717) is 5.69 Å². The van der Waals surface area contributed by atoms with Crippen molar-refractivity contribution in [2.75, 3.05) is 12.4 Å². The van der Waals surface area contributed by atoms with Crippen molar-refractivity contribution in [3.05, 3.63) is 65.2 Å². The van der Waals surface area contributed by atoms with E-state index >= 15 is 0 Å². The molecule has 110 valence electrons. The van der Waals surface area contributed by atoms with Crippen LogP contribution in [-0.2, 0) is 4.79 Å². The first-order valence-electron chi connectivity index (χ1n) is 6.77. The fraction of sp³-hybridized carbons (Fsp3) is 0.111. The molecule has 0 spiro atoms. The molecule has 2 aromatic rings. The van der Waals surface area contributed by atoms with Crippen LogP contribution in [0.1, 0.15) is 11.1 Å². The molecule has 0 fully saturated rings. The highest BCUT2D eigenvalue weighted by Crippen LogP contribution is 2.17. The van der Waals surface area contributed by atoms with Crippen molar-refractivity contribution in [1.29, 1.82) is 5.26 Å². The van der Waals surface area contributed by atoms with Crippen LogP contribution in [0, 0.1) is 18.3 Å². The molecule has 0 heterocycles. The summed E-state index contributed by atoms with van der Waals surface area (Å²) in [5.41, 5.74) is 2.45. The van der Waals surface area contributed by atoms with Crippen molar-refractivity contribution in [2.45, 2.75) is 6.92 Å². The topological polar surface area (TPSA) is 62.1 Å². The van der Waals surface area contributed by atoms with Crippen LogP contribution >= 0.6 is 0 Å². The second-order valence-electron chi connectivity index (χ2n) is 4.71. The molecule has 1 amide bonds. The average Bonchev–Trinajstić information content (AvgIpc) is 2.55. The summed E-state index contributed by atoms with van der Waals surface area (Å²) in [5.74, 6) is 0.299. The minimum Gasteiger partial charge on any atom is -0.497 e. The number of anilines is 1. The fourth-order valence-electron chi connectivity index (χ4n) is 1.92. The number of ether oxygens (including phenoxy) is 1. The first kappa shape index (κ1) is 15.3. The lowest BCUT2D eigenvalue weighted by molar-refractivity contribution is -0.112. The maximum Gasteiger partial charge on any atom is 0.266 e. The van der Waals surface area contributed by atoms with Gasteiger partial charge in [-0.3, -0.25) is 4.79 Å². The van der Waals surface area contributed by atoms with E-state index in [1.807, 2.05) is 31.2 Å². The monoisotopic (exact) mass is 292 g/mol. The highest BCUT2D eigenvalue weighted by Gasteiger charge is 2.10. The summed E-state index contributed by atoms with van der Waals surface area (Å²) in [5, 5.41) is 12.0. The number of aryl methyl sites for hydroxylation is 1. The van der Waals surface area contributed by atoms with Crippen LogP contribution < -0.4 is 10.1 Å². The van der Waals surface area contributed by atoms with Gasteiger partial charge in [-0.15, -0.1) is 0 Å². The highest BCUT2D eigenvalue weighted by atomic mass is 16.5. The van der Waals surface area contributed by atoms with Gasteiger partial charge in [-0.1, -0.05) is 30.3 Å². The molecule has 2 aromatic carbocycles. The number of hydrogen-bond donors (Lipinski definition) is 1. The van der Waals surface area contributed by atoms with Gasteiger partial charge in [-0.05, 0) is 42.3 Å². The number of nitrogens with one attached hydrogen (secondary N) is 1. The average molecular weight is 292 g/mol. The van der Waals surface area contributed by atoms with Crippen LogP contribution in [0.25, 0.3) is 6.08 Å². The van der Waals surface area contributed by atoms with Gasteiger partial charge >= 0.3 is 0 Å². The molecule has 0 bridgehead atoms. The van der Waals surface area contributed by atoms with Gasteiger partial charge in [-0.25, -0.2) is 0 Å². The van der Waals surface area contributed by atoms with Crippen molar-refractivity contribution in [1.82, 2.24) is 0 Å². The molecule has 2 rings (SSSR count). The van der Waals surface area contributed by atoms with E-state index in [2.05, 4.69) is 5.32 Å². The van der Waals surface area contributed by atoms with Gasteiger partial charge in [0.15, 0.2) is 0 Å². The Bertz CT molecular complexity index is 740. The number of rotatable bonds is 4. The third-order valence-corrected chi connectivity index (χ3v) is 3.19. The second kappa shape index (κ2) is 7.09. The number of nitrogens with zero attached hydrogens (tertiary/aromatic N) is 1. The molecule has 0 aliphatic carbocycles. The standard InChI is InChI=1S/C18H16N2O2/c1-13-5-3-4-6-17(13)20-18(21)15(12-19)11-14-7-9-16(22-2)10-8-14/h3-11H,1-2H3,(H,20,21)/b15-11+. The van der Waals surface area contributed by atoms with Crippen LogP contribution in [0.5, 0.6) is 5.75 Å². The number of hydrogen-bond acceptors (Lipinski definition) is 3. The number of carbonyl (C=O) groups excluding carboxylic acids is 1. The number of carbonyl (C=O) groups is 1. The Morgan fingerprint density at radius 2 is 1.86 bits per heavy atom. The molecule has 4 heteroatoms. The molecule has 0 aliphatic rings. The SMILES string of the molecule is COc1ccc(/C=C(\C#N)C(=O)Nc2ccccc2C)cc1. The van der Waals surface area contributed by atoms with E-state index in [1.54, 1.807) is 43.5 Å². The summed E-state index contributed by atoms with van der Waals surface area (Å²) in [6, 6.07) is 16.5. The zero-order valence-corrected chi connectivity index (χ0v) is 12.5. The summed E-state index contributed by atoms with van der Waals surface area (Å²) < 4.78 is 5.08. The van der Waals surface area contributed by atoms with E-state index in [9.17, 15) is 10.1 Å². The van der Waals surface area contributed by atoms with Crippen LogP contribution in [0.3, 0.4) is 0 Å². The fourth-order valence-corrected chi connectivity index (χ4v) is 1.92. The van der Waals surface area contributed by atoms with E-state index in [1.165, 1.54) is 0 Å².